The molecule has 1 aromatic carbocycles. The Hall–Kier alpha value is -1.65. The highest BCUT2D eigenvalue weighted by Gasteiger charge is 2.17. The molecule has 3 nitrogen and oxygen atoms in total. The van der Waals surface area contributed by atoms with E-state index >= 15 is 0 Å². The Morgan fingerprint density at radius 2 is 2.11 bits per heavy atom. The van der Waals surface area contributed by atoms with Gasteiger partial charge in [0, 0.05) is 24.8 Å². The molecule has 0 unspecified atom stereocenters. The Morgan fingerprint density at radius 1 is 1.42 bits per heavy atom. The molecule has 0 bridgehead atoms. The van der Waals surface area contributed by atoms with Gasteiger partial charge in [0.15, 0.2) is 0 Å². The molecule has 5 heteroatoms. The second kappa shape index (κ2) is 7.07. The lowest BCUT2D eigenvalue weighted by Crippen LogP contribution is -2.31. The first kappa shape index (κ1) is 15.4. The van der Waals surface area contributed by atoms with Crippen molar-refractivity contribution in [3.8, 4) is 0 Å². The second-order valence-electron chi connectivity index (χ2n) is 4.53. The number of carbonyl (C=O) groups is 1. The van der Waals surface area contributed by atoms with Crippen LogP contribution >= 0.6 is 0 Å². The van der Waals surface area contributed by atoms with Crippen LogP contribution in [0, 0.1) is 6.92 Å². The quantitative estimate of drug-likeness (QED) is 0.861. The summed E-state index contributed by atoms with van der Waals surface area (Å²) in [6.07, 6.45) is -1.50. The van der Waals surface area contributed by atoms with Crippen LogP contribution in [0.1, 0.15) is 29.3 Å². The molecule has 0 radical (unpaired) electrons. The van der Waals surface area contributed by atoms with Crippen LogP contribution in [0.3, 0.4) is 0 Å². The summed E-state index contributed by atoms with van der Waals surface area (Å²) >= 11 is 0. The zero-order valence-electron chi connectivity index (χ0n) is 11.5. The number of benzene rings is 1. The minimum Gasteiger partial charge on any atom is -0.385 e. The van der Waals surface area contributed by atoms with Crippen molar-refractivity contribution in [2.24, 2.45) is 0 Å². The Bertz CT molecular complexity index is 435. The van der Waals surface area contributed by atoms with E-state index in [4.69, 9.17) is 0 Å². The maximum Gasteiger partial charge on any atom is 0.255 e. The molecule has 1 amide bonds. The number of rotatable bonds is 6. The highest BCUT2D eigenvalue weighted by atomic mass is 19.3. The first-order valence-electron chi connectivity index (χ1n) is 6.33. The van der Waals surface area contributed by atoms with E-state index in [1.165, 1.54) is 7.05 Å². The molecule has 0 aromatic heterocycles. The molecule has 1 N–H and O–H groups in total. The van der Waals surface area contributed by atoms with Crippen molar-refractivity contribution in [3.63, 3.8) is 0 Å². The van der Waals surface area contributed by atoms with Gasteiger partial charge in [-0.15, -0.1) is 0 Å². The third-order valence-corrected chi connectivity index (χ3v) is 2.79. The maximum atomic E-state index is 12.3. The van der Waals surface area contributed by atoms with Crippen LogP contribution in [0.2, 0.25) is 0 Å². The average molecular weight is 270 g/mol. The van der Waals surface area contributed by atoms with Crippen molar-refractivity contribution in [3.05, 3.63) is 29.3 Å². The second-order valence-corrected chi connectivity index (χ2v) is 4.53. The lowest BCUT2D eigenvalue weighted by molar-refractivity contribution is 0.0619. The molecule has 0 aliphatic heterocycles. The van der Waals surface area contributed by atoms with Gasteiger partial charge in [-0.25, -0.2) is 8.78 Å². The lowest BCUT2D eigenvalue weighted by Gasteiger charge is -2.18. The van der Waals surface area contributed by atoms with Gasteiger partial charge in [-0.2, -0.15) is 0 Å². The predicted octanol–water partition coefficient (Wildman–Crippen LogP) is 3.15. The molecule has 0 saturated heterocycles. The van der Waals surface area contributed by atoms with Crippen LogP contribution in [0.15, 0.2) is 18.2 Å². The van der Waals surface area contributed by atoms with Crippen LogP contribution in [-0.4, -0.2) is 37.4 Å². The summed E-state index contributed by atoms with van der Waals surface area (Å²) < 4.78 is 24.5. The van der Waals surface area contributed by atoms with E-state index in [9.17, 15) is 13.6 Å². The number of nitrogens with zero attached hydrogens (tertiary/aromatic N) is 1. The molecule has 0 aliphatic carbocycles. The van der Waals surface area contributed by atoms with Gasteiger partial charge >= 0.3 is 0 Å². The normalized spacial score (nSPS) is 10.6. The van der Waals surface area contributed by atoms with E-state index in [2.05, 4.69) is 12.2 Å². The summed E-state index contributed by atoms with van der Waals surface area (Å²) in [7, 11) is 1.39. The molecular weight excluding hydrogens is 250 g/mol. The fraction of sp³-hybridized carbons (Fsp3) is 0.500. The van der Waals surface area contributed by atoms with Gasteiger partial charge in [0.05, 0.1) is 6.54 Å². The van der Waals surface area contributed by atoms with Crippen LogP contribution in [-0.2, 0) is 0 Å². The molecule has 19 heavy (non-hydrogen) atoms. The highest BCUT2D eigenvalue weighted by molar-refractivity contribution is 5.95. The first-order valence-corrected chi connectivity index (χ1v) is 6.33. The van der Waals surface area contributed by atoms with Gasteiger partial charge in [0.1, 0.15) is 0 Å². The molecule has 0 heterocycles. The minimum absolute atomic E-state index is 0.375. The van der Waals surface area contributed by atoms with E-state index in [0.29, 0.717) is 5.56 Å². The van der Waals surface area contributed by atoms with Crippen molar-refractivity contribution in [1.29, 1.82) is 0 Å². The van der Waals surface area contributed by atoms with Crippen LogP contribution in [0.5, 0.6) is 0 Å². The van der Waals surface area contributed by atoms with Gasteiger partial charge in [-0.3, -0.25) is 4.79 Å². The summed E-state index contributed by atoms with van der Waals surface area (Å²) in [6, 6.07) is 5.34. The predicted molar refractivity (Wildman–Crippen MR) is 72.9 cm³/mol. The van der Waals surface area contributed by atoms with E-state index < -0.39 is 13.0 Å². The van der Waals surface area contributed by atoms with Gasteiger partial charge < -0.3 is 10.2 Å². The molecule has 0 saturated carbocycles. The summed E-state index contributed by atoms with van der Waals surface area (Å²) in [5.41, 5.74) is 2.19. The number of aryl methyl sites for hydroxylation is 1. The largest absolute Gasteiger partial charge is 0.385 e. The van der Waals surface area contributed by atoms with Crippen LogP contribution in [0.4, 0.5) is 14.5 Å². The van der Waals surface area contributed by atoms with E-state index in [-0.39, 0.29) is 5.91 Å². The minimum atomic E-state index is -2.51. The fourth-order valence-corrected chi connectivity index (χ4v) is 1.78. The number of amides is 1. The van der Waals surface area contributed by atoms with Gasteiger partial charge in [0.2, 0.25) is 0 Å². The van der Waals surface area contributed by atoms with Crippen LogP contribution in [0.25, 0.3) is 0 Å². The molecule has 0 aliphatic rings. The van der Waals surface area contributed by atoms with Crippen LogP contribution < -0.4 is 5.32 Å². The summed E-state index contributed by atoms with van der Waals surface area (Å²) in [5.74, 6) is -0.375. The molecule has 0 fully saturated rings. The molecule has 106 valence electrons. The van der Waals surface area contributed by atoms with Crippen molar-refractivity contribution >= 4 is 11.6 Å². The van der Waals surface area contributed by atoms with E-state index in [0.717, 1.165) is 29.1 Å². The monoisotopic (exact) mass is 270 g/mol. The third-order valence-electron chi connectivity index (χ3n) is 2.79. The highest BCUT2D eigenvalue weighted by Crippen LogP contribution is 2.17. The topological polar surface area (TPSA) is 32.3 Å². The summed E-state index contributed by atoms with van der Waals surface area (Å²) in [6.45, 7) is 4.18. The fourth-order valence-electron chi connectivity index (χ4n) is 1.78. The Labute approximate surface area is 112 Å². The van der Waals surface area contributed by atoms with Gasteiger partial charge in [-0.05, 0) is 37.1 Å². The van der Waals surface area contributed by atoms with Crippen molar-refractivity contribution in [1.82, 2.24) is 4.90 Å². The van der Waals surface area contributed by atoms with Crippen molar-refractivity contribution in [2.45, 2.75) is 26.7 Å². The van der Waals surface area contributed by atoms with Crippen molar-refractivity contribution < 1.29 is 13.6 Å². The smallest absolute Gasteiger partial charge is 0.255 e. The standard InChI is InChI=1S/C14H20F2N2O/c1-4-7-17-11-5-6-12(10(2)8-11)14(19)18(3)9-13(15)16/h5-6,8,13,17H,4,7,9H2,1-3H3. The number of nitrogens with one attached hydrogen (secondary N) is 1. The number of hydrogen-bond donors (Lipinski definition) is 1. The van der Waals surface area contributed by atoms with Gasteiger partial charge in [-0.1, -0.05) is 6.92 Å². The first-order chi connectivity index (χ1) is 8.95. The third kappa shape index (κ3) is 4.50. The maximum absolute atomic E-state index is 12.3. The number of alkyl halides is 2. The Kier molecular flexibility index (Phi) is 5.73. The Balaban J connectivity index is 2.81. The number of anilines is 1. The number of hydrogen-bond acceptors (Lipinski definition) is 2. The molecular formula is C14H20F2N2O. The van der Waals surface area contributed by atoms with E-state index in [1.807, 2.05) is 6.07 Å². The number of carbonyl (C=O) groups excluding carboxylic acids is 1. The lowest BCUT2D eigenvalue weighted by atomic mass is 10.1. The summed E-state index contributed by atoms with van der Waals surface area (Å²) in [4.78, 5) is 13.0. The summed E-state index contributed by atoms with van der Waals surface area (Å²) in [5, 5.41) is 3.22. The average Bonchev–Trinajstić information content (AvgIpc) is 2.34. The number of halogens is 2. The molecule has 1 aromatic rings. The van der Waals surface area contributed by atoms with Gasteiger partial charge in [0.25, 0.3) is 12.3 Å². The molecule has 1 rings (SSSR count). The molecule has 0 atom stereocenters. The zero-order valence-corrected chi connectivity index (χ0v) is 11.5. The SMILES string of the molecule is CCCNc1ccc(C(=O)N(C)CC(F)F)c(C)c1. The molecule has 0 spiro atoms. The van der Waals surface area contributed by atoms with E-state index in [1.54, 1.807) is 19.1 Å². The zero-order chi connectivity index (χ0) is 14.4. The van der Waals surface area contributed by atoms with Crippen molar-refractivity contribution in [2.75, 3.05) is 25.5 Å². The Morgan fingerprint density at radius 3 is 2.63 bits per heavy atom.